The molecule has 0 aliphatic heterocycles. The van der Waals surface area contributed by atoms with Gasteiger partial charge in [0.25, 0.3) is 0 Å². The lowest BCUT2D eigenvalue weighted by Crippen LogP contribution is -2.05. The van der Waals surface area contributed by atoms with Gasteiger partial charge in [0, 0.05) is 11.3 Å². The Hall–Kier alpha value is -2.01. The van der Waals surface area contributed by atoms with Gasteiger partial charge in [0.1, 0.15) is 10.8 Å². The molecule has 1 heterocycles. The topological polar surface area (TPSA) is 61.5 Å². The molecular weight excluding hydrogens is 274 g/mol. The van der Waals surface area contributed by atoms with E-state index in [9.17, 15) is 4.79 Å². The number of hydrogen-bond donors (Lipinski definition) is 1. The lowest BCUT2D eigenvalue weighted by molar-refractivity contribution is 0.0528. The fourth-order valence-corrected chi connectivity index (χ4v) is 2.81. The highest BCUT2D eigenvalue weighted by Crippen LogP contribution is 2.28. The summed E-state index contributed by atoms with van der Waals surface area (Å²) in [6.07, 6.45) is 0.734. The summed E-state index contributed by atoms with van der Waals surface area (Å²) in [4.78, 5) is 12.7. The number of esters is 1. The zero-order valence-electron chi connectivity index (χ0n) is 11.5. The second-order valence-corrected chi connectivity index (χ2v) is 5.40. The summed E-state index contributed by atoms with van der Waals surface area (Å²) in [6.45, 7) is 2.13. The molecule has 20 heavy (non-hydrogen) atoms. The molecule has 1 aromatic carbocycles. The minimum absolute atomic E-state index is 0.349. The van der Waals surface area contributed by atoms with Crippen molar-refractivity contribution >= 4 is 22.3 Å². The molecular formula is C15H17NO3S. The molecule has 1 aromatic heterocycles. The zero-order valence-corrected chi connectivity index (χ0v) is 12.3. The van der Waals surface area contributed by atoms with Gasteiger partial charge in [0.05, 0.1) is 19.3 Å². The molecule has 0 amide bonds. The minimum atomic E-state index is -0.359. The molecule has 2 N–H and O–H groups in total. The van der Waals surface area contributed by atoms with Crippen molar-refractivity contribution in [3.8, 4) is 5.75 Å². The highest BCUT2D eigenvalue weighted by molar-refractivity contribution is 7.16. The van der Waals surface area contributed by atoms with Gasteiger partial charge in [-0.15, -0.1) is 11.3 Å². The van der Waals surface area contributed by atoms with Crippen LogP contribution in [0.1, 0.15) is 27.7 Å². The van der Waals surface area contributed by atoms with Crippen molar-refractivity contribution in [2.75, 3.05) is 19.5 Å². The van der Waals surface area contributed by atoms with Crippen molar-refractivity contribution in [2.45, 2.75) is 13.3 Å². The van der Waals surface area contributed by atoms with Gasteiger partial charge >= 0.3 is 5.97 Å². The third kappa shape index (κ3) is 3.30. The van der Waals surface area contributed by atoms with Crippen LogP contribution in [0.4, 0.5) is 5.00 Å². The Balaban J connectivity index is 2.13. The van der Waals surface area contributed by atoms with Gasteiger partial charge in [-0.05, 0) is 30.7 Å². The number of rotatable bonds is 5. The molecule has 0 saturated heterocycles. The normalized spacial score (nSPS) is 10.3. The van der Waals surface area contributed by atoms with Crippen LogP contribution >= 0.6 is 11.3 Å². The van der Waals surface area contributed by atoms with E-state index in [1.807, 2.05) is 30.3 Å². The molecule has 0 bridgehead atoms. The van der Waals surface area contributed by atoms with E-state index in [-0.39, 0.29) is 5.97 Å². The monoisotopic (exact) mass is 291 g/mol. The Morgan fingerprint density at radius 1 is 1.30 bits per heavy atom. The Labute approximate surface area is 122 Å². The Morgan fingerprint density at radius 3 is 2.60 bits per heavy atom. The second kappa shape index (κ2) is 6.43. The third-order valence-electron chi connectivity index (χ3n) is 2.84. The van der Waals surface area contributed by atoms with Crippen LogP contribution in [0.3, 0.4) is 0 Å². The van der Waals surface area contributed by atoms with Crippen molar-refractivity contribution in [2.24, 2.45) is 0 Å². The molecule has 0 fully saturated rings. The molecule has 0 spiro atoms. The van der Waals surface area contributed by atoms with E-state index in [0.29, 0.717) is 17.2 Å². The van der Waals surface area contributed by atoms with Crippen molar-refractivity contribution in [3.05, 3.63) is 46.3 Å². The van der Waals surface area contributed by atoms with Gasteiger partial charge in [0.15, 0.2) is 0 Å². The van der Waals surface area contributed by atoms with Crippen LogP contribution in [-0.2, 0) is 11.2 Å². The quantitative estimate of drug-likeness (QED) is 0.860. The maximum atomic E-state index is 11.7. The van der Waals surface area contributed by atoms with Crippen molar-refractivity contribution in [1.29, 1.82) is 0 Å². The third-order valence-corrected chi connectivity index (χ3v) is 3.81. The SMILES string of the molecule is CCOC(=O)c1cc(Cc2ccc(OC)cc2)sc1N. The standard InChI is InChI=1S/C15H17NO3S/c1-3-19-15(17)13-9-12(20-14(13)16)8-10-4-6-11(18-2)7-5-10/h4-7,9H,3,8,16H2,1-2H3. The number of carbonyl (C=O) groups is 1. The van der Waals surface area contributed by atoms with Crippen LogP contribution in [0.25, 0.3) is 0 Å². The van der Waals surface area contributed by atoms with Crippen LogP contribution < -0.4 is 10.5 Å². The van der Waals surface area contributed by atoms with Gasteiger partial charge in [0.2, 0.25) is 0 Å². The number of methoxy groups -OCH3 is 1. The van der Waals surface area contributed by atoms with Crippen LogP contribution in [-0.4, -0.2) is 19.7 Å². The summed E-state index contributed by atoms with van der Waals surface area (Å²) >= 11 is 1.42. The minimum Gasteiger partial charge on any atom is -0.497 e. The average Bonchev–Trinajstić information content (AvgIpc) is 2.81. The van der Waals surface area contributed by atoms with Gasteiger partial charge in [-0.2, -0.15) is 0 Å². The van der Waals surface area contributed by atoms with E-state index in [0.717, 1.165) is 22.6 Å². The first kappa shape index (κ1) is 14.4. The number of nitrogen functional groups attached to an aromatic ring is 1. The number of hydrogen-bond acceptors (Lipinski definition) is 5. The maximum Gasteiger partial charge on any atom is 0.341 e. The first-order chi connectivity index (χ1) is 9.63. The average molecular weight is 291 g/mol. The fourth-order valence-electron chi connectivity index (χ4n) is 1.86. The molecule has 0 aliphatic rings. The van der Waals surface area contributed by atoms with Crippen molar-refractivity contribution < 1.29 is 14.3 Å². The highest BCUT2D eigenvalue weighted by Gasteiger charge is 2.15. The number of anilines is 1. The first-order valence-electron chi connectivity index (χ1n) is 6.32. The van der Waals surface area contributed by atoms with E-state index in [1.165, 1.54) is 11.3 Å². The number of nitrogens with two attached hydrogens (primary N) is 1. The summed E-state index contributed by atoms with van der Waals surface area (Å²) in [5, 5.41) is 0.506. The number of benzene rings is 1. The zero-order chi connectivity index (χ0) is 14.5. The van der Waals surface area contributed by atoms with Crippen LogP contribution in [0, 0.1) is 0 Å². The Kier molecular flexibility index (Phi) is 4.63. The van der Waals surface area contributed by atoms with E-state index in [2.05, 4.69) is 0 Å². The maximum absolute atomic E-state index is 11.7. The number of carbonyl (C=O) groups excluding carboxylic acids is 1. The van der Waals surface area contributed by atoms with E-state index >= 15 is 0 Å². The molecule has 5 heteroatoms. The first-order valence-corrected chi connectivity index (χ1v) is 7.14. The fraction of sp³-hybridized carbons (Fsp3) is 0.267. The highest BCUT2D eigenvalue weighted by atomic mass is 32.1. The molecule has 2 aromatic rings. The predicted molar refractivity (Wildman–Crippen MR) is 80.5 cm³/mol. The summed E-state index contributed by atoms with van der Waals surface area (Å²) < 4.78 is 10.1. The summed E-state index contributed by atoms with van der Waals surface area (Å²) in [5.74, 6) is 0.467. The summed E-state index contributed by atoms with van der Waals surface area (Å²) in [6, 6.07) is 9.64. The van der Waals surface area contributed by atoms with Crippen LogP contribution in [0.5, 0.6) is 5.75 Å². The lowest BCUT2D eigenvalue weighted by Gasteiger charge is -2.01. The van der Waals surface area contributed by atoms with Gasteiger partial charge in [-0.25, -0.2) is 4.79 Å². The molecule has 0 saturated carbocycles. The molecule has 0 atom stereocenters. The molecule has 2 rings (SSSR count). The lowest BCUT2D eigenvalue weighted by atomic mass is 10.1. The van der Waals surface area contributed by atoms with Crippen LogP contribution in [0.15, 0.2) is 30.3 Å². The van der Waals surface area contributed by atoms with Crippen molar-refractivity contribution in [1.82, 2.24) is 0 Å². The number of thiophene rings is 1. The molecule has 0 unspecified atom stereocenters. The second-order valence-electron chi connectivity index (χ2n) is 4.24. The van der Waals surface area contributed by atoms with Gasteiger partial charge < -0.3 is 15.2 Å². The smallest absolute Gasteiger partial charge is 0.341 e. The molecule has 0 radical (unpaired) electrons. The Bertz CT molecular complexity index is 590. The number of ether oxygens (including phenoxy) is 2. The van der Waals surface area contributed by atoms with Crippen LogP contribution in [0.2, 0.25) is 0 Å². The molecule has 0 aliphatic carbocycles. The predicted octanol–water partition coefficient (Wildman–Crippen LogP) is 3.11. The van der Waals surface area contributed by atoms with E-state index in [1.54, 1.807) is 14.0 Å². The summed E-state index contributed by atoms with van der Waals surface area (Å²) in [5.41, 5.74) is 7.47. The summed E-state index contributed by atoms with van der Waals surface area (Å²) in [7, 11) is 1.64. The largest absolute Gasteiger partial charge is 0.497 e. The Morgan fingerprint density at radius 2 is 2.00 bits per heavy atom. The molecule has 106 valence electrons. The van der Waals surface area contributed by atoms with Crippen molar-refractivity contribution in [3.63, 3.8) is 0 Å². The van der Waals surface area contributed by atoms with Gasteiger partial charge in [-0.1, -0.05) is 12.1 Å². The van der Waals surface area contributed by atoms with Gasteiger partial charge in [-0.3, -0.25) is 0 Å². The molecule has 4 nitrogen and oxygen atoms in total. The van der Waals surface area contributed by atoms with E-state index in [4.69, 9.17) is 15.2 Å². The van der Waals surface area contributed by atoms with E-state index < -0.39 is 0 Å².